The third-order valence-corrected chi connectivity index (χ3v) is 3.82. The molecule has 0 saturated carbocycles. The average Bonchev–Trinajstić information content (AvgIpc) is 2.54. The number of carbonyl (C=O) groups excluding carboxylic acids is 2. The molecule has 1 N–H and O–H groups in total. The van der Waals surface area contributed by atoms with Crippen molar-refractivity contribution < 1.29 is 14.3 Å². The molecule has 7 nitrogen and oxygen atoms in total. The number of aromatic nitrogens is 1. The summed E-state index contributed by atoms with van der Waals surface area (Å²) >= 11 is 0. The molecule has 1 aliphatic heterocycles. The van der Waals surface area contributed by atoms with Gasteiger partial charge in [-0.1, -0.05) is 6.07 Å². The van der Waals surface area contributed by atoms with Crippen molar-refractivity contribution in [3.63, 3.8) is 0 Å². The van der Waals surface area contributed by atoms with Gasteiger partial charge in [0.25, 0.3) is 0 Å². The summed E-state index contributed by atoms with van der Waals surface area (Å²) in [6.07, 6.45) is 1.68. The molecule has 128 valence electrons. The van der Waals surface area contributed by atoms with Gasteiger partial charge in [-0.15, -0.1) is 0 Å². The van der Waals surface area contributed by atoms with Gasteiger partial charge in [0.1, 0.15) is 16.8 Å². The highest BCUT2D eigenvalue weighted by Gasteiger charge is 2.43. The lowest BCUT2D eigenvalue weighted by atomic mass is 9.79. The van der Waals surface area contributed by atoms with Crippen molar-refractivity contribution in [3.8, 4) is 6.07 Å². The summed E-state index contributed by atoms with van der Waals surface area (Å²) in [4.78, 5) is 30.2. The summed E-state index contributed by atoms with van der Waals surface area (Å²) in [5.74, 6) is 0.0271. The lowest BCUT2D eigenvalue weighted by molar-refractivity contribution is -0.125. The van der Waals surface area contributed by atoms with Crippen LogP contribution >= 0.6 is 0 Å². The van der Waals surface area contributed by atoms with Gasteiger partial charge in [-0.3, -0.25) is 4.79 Å². The fraction of sp³-hybridized carbons (Fsp3) is 0.529. The maximum Gasteiger partial charge on any atom is 0.410 e. The van der Waals surface area contributed by atoms with Crippen molar-refractivity contribution in [2.45, 2.75) is 39.2 Å². The molecule has 1 aromatic heterocycles. The standard InChI is InChI=1S/C17H22N4O3/c1-16(2,3)24-15(23)21-10-7-17(12-18,8-11-21)14(22)20-13-6-4-5-9-19-13/h4-6,9H,7-8,10-11H2,1-3H3,(H,19,20,22). The van der Waals surface area contributed by atoms with Gasteiger partial charge in [-0.05, 0) is 45.7 Å². The molecule has 0 atom stereocenters. The molecule has 24 heavy (non-hydrogen) atoms. The van der Waals surface area contributed by atoms with Gasteiger partial charge in [0, 0.05) is 19.3 Å². The number of hydrogen-bond acceptors (Lipinski definition) is 5. The number of ether oxygens (including phenoxy) is 1. The number of likely N-dealkylation sites (tertiary alicyclic amines) is 1. The summed E-state index contributed by atoms with van der Waals surface area (Å²) in [7, 11) is 0. The zero-order chi connectivity index (χ0) is 17.8. The Morgan fingerprint density at radius 3 is 2.50 bits per heavy atom. The van der Waals surface area contributed by atoms with E-state index in [0.29, 0.717) is 18.9 Å². The van der Waals surface area contributed by atoms with Crippen LogP contribution in [0.4, 0.5) is 10.6 Å². The Morgan fingerprint density at radius 2 is 2.00 bits per heavy atom. The highest BCUT2D eigenvalue weighted by atomic mass is 16.6. The third-order valence-electron chi connectivity index (χ3n) is 3.82. The van der Waals surface area contributed by atoms with Crippen LogP contribution in [0.1, 0.15) is 33.6 Å². The van der Waals surface area contributed by atoms with Crippen LogP contribution in [0.25, 0.3) is 0 Å². The number of anilines is 1. The van der Waals surface area contributed by atoms with E-state index < -0.39 is 17.1 Å². The quantitative estimate of drug-likeness (QED) is 0.899. The molecule has 1 fully saturated rings. The highest BCUT2D eigenvalue weighted by Crippen LogP contribution is 2.32. The summed E-state index contributed by atoms with van der Waals surface area (Å²) < 4.78 is 5.33. The number of nitriles is 1. The van der Waals surface area contributed by atoms with Gasteiger partial charge >= 0.3 is 6.09 Å². The second kappa shape index (κ2) is 6.87. The van der Waals surface area contributed by atoms with E-state index in [-0.39, 0.29) is 18.7 Å². The Kier molecular flexibility index (Phi) is 5.07. The molecule has 1 aromatic rings. The van der Waals surface area contributed by atoms with Crippen molar-refractivity contribution >= 4 is 17.8 Å². The van der Waals surface area contributed by atoms with Gasteiger partial charge in [-0.2, -0.15) is 5.26 Å². The minimum Gasteiger partial charge on any atom is -0.444 e. The summed E-state index contributed by atoms with van der Waals surface area (Å²) in [6, 6.07) is 7.29. The molecule has 0 aliphatic carbocycles. The molecule has 0 radical (unpaired) electrons. The van der Waals surface area contributed by atoms with Crippen molar-refractivity contribution in [3.05, 3.63) is 24.4 Å². The summed E-state index contributed by atoms with van der Waals surface area (Å²) in [6.45, 7) is 6.01. The van der Waals surface area contributed by atoms with Gasteiger partial charge in [0.2, 0.25) is 5.91 Å². The molecular formula is C17H22N4O3. The highest BCUT2D eigenvalue weighted by molar-refractivity contribution is 5.96. The number of rotatable bonds is 2. The van der Waals surface area contributed by atoms with Crippen LogP contribution in [0.15, 0.2) is 24.4 Å². The monoisotopic (exact) mass is 330 g/mol. The molecule has 2 heterocycles. The number of pyridine rings is 1. The minimum absolute atomic E-state index is 0.265. The predicted octanol–water partition coefficient (Wildman–Crippen LogP) is 2.56. The number of nitrogens with one attached hydrogen (secondary N) is 1. The number of hydrogen-bond donors (Lipinski definition) is 1. The minimum atomic E-state index is -1.16. The topological polar surface area (TPSA) is 95.3 Å². The SMILES string of the molecule is CC(C)(C)OC(=O)N1CCC(C#N)(C(=O)Nc2ccccn2)CC1. The van der Waals surface area contributed by atoms with Crippen LogP contribution in [0, 0.1) is 16.7 Å². The van der Waals surface area contributed by atoms with E-state index in [4.69, 9.17) is 4.74 Å². The normalized spacial score (nSPS) is 16.8. The van der Waals surface area contributed by atoms with Crippen LogP contribution in [0.3, 0.4) is 0 Å². The second-order valence-corrected chi connectivity index (χ2v) is 6.83. The smallest absolute Gasteiger partial charge is 0.410 e. The molecule has 7 heteroatoms. The van der Waals surface area contributed by atoms with Crippen molar-refractivity contribution in [1.82, 2.24) is 9.88 Å². The Labute approximate surface area is 141 Å². The van der Waals surface area contributed by atoms with Gasteiger partial charge in [0.15, 0.2) is 0 Å². The Balaban J connectivity index is 2.00. The number of nitrogens with zero attached hydrogens (tertiary/aromatic N) is 3. The molecule has 0 unspecified atom stereocenters. The first-order valence-electron chi connectivity index (χ1n) is 7.87. The third kappa shape index (κ3) is 4.22. The van der Waals surface area contributed by atoms with Crippen molar-refractivity contribution in [2.75, 3.05) is 18.4 Å². The molecule has 1 saturated heterocycles. The molecule has 2 rings (SSSR count). The predicted molar refractivity (Wildman–Crippen MR) is 88.0 cm³/mol. The Morgan fingerprint density at radius 1 is 1.33 bits per heavy atom. The van der Waals surface area contributed by atoms with E-state index in [1.54, 1.807) is 45.2 Å². The number of piperidine rings is 1. The van der Waals surface area contributed by atoms with Gasteiger partial charge in [0.05, 0.1) is 6.07 Å². The van der Waals surface area contributed by atoms with Crippen LogP contribution in [0.5, 0.6) is 0 Å². The van der Waals surface area contributed by atoms with E-state index in [1.165, 1.54) is 4.90 Å². The number of amides is 2. The van der Waals surface area contributed by atoms with E-state index in [2.05, 4.69) is 16.4 Å². The first kappa shape index (κ1) is 17.7. The van der Waals surface area contributed by atoms with Gasteiger partial charge in [-0.25, -0.2) is 9.78 Å². The van der Waals surface area contributed by atoms with E-state index in [0.717, 1.165) is 0 Å². The van der Waals surface area contributed by atoms with Crippen molar-refractivity contribution in [1.29, 1.82) is 5.26 Å². The zero-order valence-electron chi connectivity index (χ0n) is 14.2. The van der Waals surface area contributed by atoms with Crippen LogP contribution in [-0.2, 0) is 9.53 Å². The van der Waals surface area contributed by atoms with E-state index in [1.807, 2.05) is 0 Å². The second-order valence-electron chi connectivity index (χ2n) is 6.83. The zero-order valence-corrected chi connectivity index (χ0v) is 14.2. The lowest BCUT2D eigenvalue weighted by Gasteiger charge is -2.36. The van der Waals surface area contributed by atoms with Crippen LogP contribution < -0.4 is 5.32 Å². The Bertz CT molecular complexity index is 638. The maximum atomic E-state index is 12.5. The molecule has 0 bridgehead atoms. The largest absolute Gasteiger partial charge is 0.444 e. The van der Waals surface area contributed by atoms with E-state index in [9.17, 15) is 14.9 Å². The number of carbonyl (C=O) groups is 2. The van der Waals surface area contributed by atoms with Crippen LogP contribution in [-0.4, -0.2) is 40.6 Å². The Hall–Kier alpha value is -2.62. The molecule has 2 amide bonds. The van der Waals surface area contributed by atoms with Gasteiger partial charge < -0.3 is 15.0 Å². The molecule has 0 aromatic carbocycles. The molecule has 0 spiro atoms. The maximum absolute atomic E-state index is 12.5. The average molecular weight is 330 g/mol. The summed E-state index contributed by atoms with van der Waals surface area (Å²) in [5, 5.41) is 12.2. The summed E-state index contributed by atoms with van der Waals surface area (Å²) in [5.41, 5.74) is -1.73. The van der Waals surface area contributed by atoms with E-state index >= 15 is 0 Å². The fourth-order valence-corrected chi connectivity index (χ4v) is 2.46. The molecular weight excluding hydrogens is 308 g/mol. The lowest BCUT2D eigenvalue weighted by Crippen LogP contribution is -2.48. The first-order chi connectivity index (χ1) is 11.3. The first-order valence-corrected chi connectivity index (χ1v) is 7.87. The van der Waals surface area contributed by atoms with Crippen LogP contribution in [0.2, 0.25) is 0 Å². The molecule has 1 aliphatic rings. The van der Waals surface area contributed by atoms with Crippen molar-refractivity contribution in [2.24, 2.45) is 5.41 Å². The fourth-order valence-electron chi connectivity index (χ4n) is 2.46.